The Bertz CT molecular complexity index is 313. The van der Waals surface area contributed by atoms with Crippen LogP contribution in [0.5, 0.6) is 0 Å². The third-order valence-electron chi connectivity index (χ3n) is 2.43. The van der Waals surface area contributed by atoms with Gasteiger partial charge >= 0.3 is 0 Å². The molecule has 1 fully saturated rings. The fourth-order valence-electron chi connectivity index (χ4n) is 1.58. The Morgan fingerprint density at radius 3 is 2.36 bits per heavy atom. The minimum atomic E-state index is -1.78. The molecule has 0 saturated carbocycles. The Hall–Kier alpha value is -0.940. The number of rotatable bonds is 1. The van der Waals surface area contributed by atoms with Crippen LogP contribution >= 0.6 is 0 Å². The highest BCUT2D eigenvalue weighted by Crippen LogP contribution is 2.33. The van der Waals surface area contributed by atoms with E-state index in [1.54, 1.807) is 30.3 Å². The van der Waals surface area contributed by atoms with E-state index < -0.39 is 18.0 Å². The number of ether oxygens (including phenoxy) is 1. The Morgan fingerprint density at radius 1 is 1.21 bits per heavy atom. The van der Waals surface area contributed by atoms with E-state index in [0.717, 1.165) is 0 Å². The second-order valence-electron chi connectivity index (χ2n) is 3.39. The summed E-state index contributed by atoms with van der Waals surface area (Å²) in [4.78, 5) is 0. The first kappa shape index (κ1) is 9.61. The van der Waals surface area contributed by atoms with Crippen LogP contribution in [0, 0.1) is 0 Å². The Balaban J connectivity index is 2.34. The van der Waals surface area contributed by atoms with Gasteiger partial charge in [-0.05, 0) is 0 Å². The highest BCUT2D eigenvalue weighted by Gasteiger charge is 2.48. The van der Waals surface area contributed by atoms with E-state index in [-0.39, 0.29) is 6.61 Å². The van der Waals surface area contributed by atoms with Gasteiger partial charge in [-0.15, -0.1) is 0 Å². The molecule has 1 aliphatic rings. The van der Waals surface area contributed by atoms with Crippen molar-refractivity contribution in [1.82, 2.24) is 0 Å². The van der Waals surface area contributed by atoms with Crippen LogP contribution in [0.2, 0.25) is 0 Å². The molecule has 0 amide bonds. The van der Waals surface area contributed by atoms with Crippen molar-refractivity contribution in [3.63, 3.8) is 0 Å². The molecule has 14 heavy (non-hydrogen) atoms. The maximum Gasteiger partial charge on any atom is 0.222 e. The SMILES string of the molecule is O[C@@H]1CO[C@](O)(c2ccccc2)[C@@H]1O. The van der Waals surface area contributed by atoms with Crippen molar-refractivity contribution in [2.45, 2.75) is 18.0 Å². The Kier molecular flexibility index (Phi) is 2.28. The van der Waals surface area contributed by atoms with Crippen molar-refractivity contribution < 1.29 is 20.1 Å². The lowest BCUT2D eigenvalue weighted by Gasteiger charge is -2.25. The summed E-state index contributed by atoms with van der Waals surface area (Å²) in [5.41, 5.74) is 0.448. The van der Waals surface area contributed by atoms with Gasteiger partial charge in [0.05, 0.1) is 6.61 Å². The zero-order valence-corrected chi connectivity index (χ0v) is 7.50. The van der Waals surface area contributed by atoms with Crippen molar-refractivity contribution in [2.24, 2.45) is 0 Å². The average Bonchev–Trinajstić information content (AvgIpc) is 2.49. The minimum Gasteiger partial charge on any atom is -0.388 e. The van der Waals surface area contributed by atoms with E-state index in [9.17, 15) is 15.3 Å². The van der Waals surface area contributed by atoms with E-state index in [4.69, 9.17) is 4.74 Å². The van der Waals surface area contributed by atoms with Gasteiger partial charge in [0.15, 0.2) is 0 Å². The maximum absolute atomic E-state index is 9.97. The summed E-state index contributed by atoms with van der Waals surface area (Å²) in [7, 11) is 0. The highest BCUT2D eigenvalue weighted by molar-refractivity contribution is 5.22. The van der Waals surface area contributed by atoms with Gasteiger partial charge in [0.2, 0.25) is 5.79 Å². The van der Waals surface area contributed by atoms with Gasteiger partial charge in [0.1, 0.15) is 12.2 Å². The van der Waals surface area contributed by atoms with Gasteiger partial charge < -0.3 is 20.1 Å². The third-order valence-corrected chi connectivity index (χ3v) is 2.43. The standard InChI is InChI=1S/C10H12O4/c11-8-6-14-10(13,9(8)12)7-4-2-1-3-5-7/h1-5,8-9,11-13H,6H2/t8-,9-,10-/m1/s1. The summed E-state index contributed by atoms with van der Waals surface area (Å²) in [6.07, 6.45) is -2.34. The first-order chi connectivity index (χ1) is 6.64. The van der Waals surface area contributed by atoms with Crippen LogP contribution in [0.3, 0.4) is 0 Å². The van der Waals surface area contributed by atoms with E-state index in [1.807, 2.05) is 0 Å². The lowest BCUT2D eigenvalue weighted by molar-refractivity contribution is -0.224. The summed E-state index contributed by atoms with van der Waals surface area (Å²) in [5, 5.41) is 28.8. The van der Waals surface area contributed by atoms with Gasteiger partial charge in [0.25, 0.3) is 0 Å². The first-order valence-corrected chi connectivity index (χ1v) is 4.42. The molecular formula is C10H12O4. The van der Waals surface area contributed by atoms with E-state index in [0.29, 0.717) is 5.56 Å². The summed E-state index contributed by atoms with van der Waals surface area (Å²) >= 11 is 0. The second-order valence-corrected chi connectivity index (χ2v) is 3.39. The van der Waals surface area contributed by atoms with Gasteiger partial charge in [-0.25, -0.2) is 0 Å². The predicted molar refractivity (Wildman–Crippen MR) is 48.3 cm³/mol. The lowest BCUT2D eigenvalue weighted by atomic mass is 9.99. The molecule has 4 nitrogen and oxygen atoms in total. The van der Waals surface area contributed by atoms with Crippen molar-refractivity contribution in [2.75, 3.05) is 6.61 Å². The number of hydrogen-bond donors (Lipinski definition) is 3. The molecule has 1 saturated heterocycles. The van der Waals surface area contributed by atoms with Crippen LogP contribution in [0.15, 0.2) is 30.3 Å². The molecule has 0 spiro atoms. The molecule has 0 bridgehead atoms. The molecule has 0 aliphatic carbocycles. The number of aliphatic hydroxyl groups excluding tert-OH is 2. The third kappa shape index (κ3) is 1.33. The molecule has 3 N–H and O–H groups in total. The van der Waals surface area contributed by atoms with Gasteiger partial charge in [-0.1, -0.05) is 30.3 Å². The fraction of sp³-hybridized carbons (Fsp3) is 0.400. The van der Waals surface area contributed by atoms with Crippen LogP contribution < -0.4 is 0 Å². The van der Waals surface area contributed by atoms with E-state index >= 15 is 0 Å². The molecule has 0 aromatic heterocycles. The Morgan fingerprint density at radius 2 is 1.86 bits per heavy atom. The van der Waals surface area contributed by atoms with Gasteiger partial charge in [0, 0.05) is 5.56 Å². The van der Waals surface area contributed by atoms with Crippen LogP contribution in [-0.2, 0) is 10.5 Å². The van der Waals surface area contributed by atoms with Gasteiger partial charge in [-0.2, -0.15) is 0 Å². The molecule has 3 atom stereocenters. The molecule has 2 rings (SSSR count). The summed E-state index contributed by atoms with van der Waals surface area (Å²) in [5.74, 6) is -1.78. The zero-order chi connectivity index (χ0) is 10.2. The lowest BCUT2D eigenvalue weighted by Crippen LogP contribution is -2.40. The second kappa shape index (κ2) is 3.33. The van der Waals surface area contributed by atoms with Crippen molar-refractivity contribution in [3.05, 3.63) is 35.9 Å². The number of aliphatic hydroxyl groups is 3. The average molecular weight is 196 g/mol. The fourth-order valence-corrected chi connectivity index (χ4v) is 1.58. The molecule has 76 valence electrons. The molecular weight excluding hydrogens is 184 g/mol. The highest BCUT2D eigenvalue weighted by atomic mass is 16.7. The number of hydrogen-bond acceptors (Lipinski definition) is 4. The van der Waals surface area contributed by atoms with Crippen molar-refractivity contribution >= 4 is 0 Å². The van der Waals surface area contributed by atoms with Gasteiger partial charge in [-0.3, -0.25) is 0 Å². The van der Waals surface area contributed by atoms with Crippen LogP contribution in [-0.4, -0.2) is 34.1 Å². The number of benzene rings is 1. The minimum absolute atomic E-state index is 0.0629. The summed E-state index contributed by atoms with van der Waals surface area (Å²) < 4.78 is 5.01. The molecule has 1 heterocycles. The van der Waals surface area contributed by atoms with Crippen molar-refractivity contribution in [3.8, 4) is 0 Å². The first-order valence-electron chi connectivity index (χ1n) is 4.42. The normalized spacial score (nSPS) is 37.4. The van der Waals surface area contributed by atoms with Crippen LogP contribution in [0.1, 0.15) is 5.56 Å². The van der Waals surface area contributed by atoms with Crippen LogP contribution in [0.25, 0.3) is 0 Å². The van der Waals surface area contributed by atoms with E-state index in [2.05, 4.69) is 0 Å². The van der Waals surface area contributed by atoms with Crippen molar-refractivity contribution in [1.29, 1.82) is 0 Å². The van der Waals surface area contributed by atoms with E-state index in [1.165, 1.54) is 0 Å². The molecule has 4 heteroatoms. The summed E-state index contributed by atoms with van der Waals surface area (Å²) in [6, 6.07) is 8.54. The molecule has 0 radical (unpaired) electrons. The maximum atomic E-state index is 9.97. The largest absolute Gasteiger partial charge is 0.388 e. The zero-order valence-electron chi connectivity index (χ0n) is 7.50. The molecule has 0 unspecified atom stereocenters. The topological polar surface area (TPSA) is 69.9 Å². The molecule has 1 aromatic carbocycles. The molecule has 1 aliphatic heterocycles. The smallest absolute Gasteiger partial charge is 0.222 e. The summed E-state index contributed by atoms with van der Waals surface area (Å²) in [6.45, 7) is -0.0629. The predicted octanol–water partition coefficient (Wildman–Crippen LogP) is -0.416. The monoisotopic (exact) mass is 196 g/mol. The Labute approximate surface area is 81.4 Å². The molecule has 1 aromatic rings. The van der Waals surface area contributed by atoms with Crippen LogP contribution in [0.4, 0.5) is 0 Å². The quantitative estimate of drug-likeness (QED) is 0.570.